The number of guanidine groups is 1. The Bertz CT molecular complexity index is 639. The van der Waals surface area contributed by atoms with Crippen LogP contribution in [0.2, 0.25) is 0 Å². The van der Waals surface area contributed by atoms with Crippen LogP contribution in [0.4, 0.5) is 0 Å². The van der Waals surface area contributed by atoms with Crippen LogP contribution in [0.5, 0.6) is 0 Å². The molecule has 5 nitrogen and oxygen atoms in total. The fourth-order valence-electron chi connectivity index (χ4n) is 3.39. The summed E-state index contributed by atoms with van der Waals surface area (Å²) < 4.78 is 5.38. The van der Waals surface area contributed by atoms with Gasteiger partial charge in [-0.05, 0) is 55.8 Å². The molecule has 1 atom stereocenters. The van der Waals surface area contributed by atoms with Gasteiger partial charge < -0.3 is 15.1 Å². The molecule has 0 aromatic carbocycles. The van der Waals surface area contributed by atoms with Gasteiger partial charge in [0.05, 0.1) is 6.26 Å². The quantitative estimate of drug-likeness (QED) is 0.550. The lowest BCUT2D eigenvalue weighted by molar-refractivity contribution is 0.172. The van der Waals surface area contributed by atoms with Gasteiger partial charge in [0.1, 0.15) is 5.76 Å². The first kappa shape index (κ1) is 19.0. The van der Waals surface area contributed by atoms with Crippen molar-refractivity contribution < 1.29 is 4.42 Å². The van der Waals surface area contributed by atoms with Gasteiger partial charge in [-0.3, -0.25) is 9.89 Å². The average Bonchev–Trinajstić information content (AvgIpc) is 3.34. The van der Waals surface area contributed by atoms with Crippen LogP contribution in [0, 0.1) is 5.92 Å². The van der Waals surface area contributed by atoms with Crippen molar-refractivity contribution in [3.8, 4) is 0 Å². The Balaban J connectivity index is 1.44. The molecule has 0 bridgehead atoms. The Morgan fingerprint density at radius 2 is 2.31 bits per heavy atom. The summed E-state index contributed by atoms with van der Waals surface area (Å²) in [6.45, 7) is 8.13. The fourth-order valence-corrected chi connectivity index (χ4v) is 4.13. The smallest absolute Gasteiger partial charge is 0.191 e. The Labute approximate surface area is 160 Å². The molecular formula is C20H30N4OS. The second-order valence-corrected chi connectivity index (χ2v) is 7.83. The molecule has 1 fully saturated rings. The number of likely N-dealkylation sites (tertiary alicyclic amines) is 1. The molecule has 2 N–H and O–H groups in total. The number of rotatable bonds is 8. The van der Waals surface area contributed by atoms with Crippen molar-refractivity contribution in [3.05, 3.63) is 46.5 Å². The zero-order valence-electron chi connectivity index (χ0n) is 15.6. The van der Waals surface area contributed by atoms with Crippen molar-refractivity contribution in [1.82, 2.24) is 15.5 Å². The van der Waals surface area contributed by atoms with E-state index >= 15 is 0 Å². The van der Waals surface area contributed by atoms with Gasteiger partial charge >= 0.3 is 0 Å². The molecule has 26 heavy (non-hydrogen) atoms. The zero-order valence-corrected chi connectivity index (χ0v) is 16.4. The van der Waals surface area contributed by atoms with Gasteiger partial charge in [0.25, 0.3) is 0 Å². The number of furan rings is 1. The maximum atomic E-state index is 5.38. The van der Waals surface area contributed by atoms with Crippen molar-refractivity contribution >= 4 is 17.3 Å². The first-order valence-electron chi connectivity index (χ1n) is 9.62. The highest BCUT2D eigenvalue weighted by molar-refractivity contribution is 7.09. The third-order valence-electron chi connectivity index (χ3n) is 4.66. The maximum absolute atomic E-state index is 5.38. The molecule has 6 heteroatoms. The first-order chi connectivity index (χ1) is 12.8. The Hall–Kier alpha value is -1.79. The summed E-state index contributed by atoms with van der Waals surface area (Å²) in [5, 5.41) is 8.92. The molecule has 1 aliphatic rings. The van der Waals surface area contributed by atoms with Crippen LogP contribution in [0.3, 0.4) is 0 Å². The van der Waals surface area contributed by atoms with Gasteiger partial charge in [-0.2, -0.15) is 0 Å². The van der Waals surface area contributed by atoms with Crippen molar-refractivity contribution in [2.75, 3.05) is 32.7 Å². The summed E-state index contributed by atoms with van der Waals surface area (Å²) in [6, 6.07) is 8.32. The molecule has 1 saturated heterocycles. The normalized spacial score (nSPS) is 18.8. The zero-order chi connectivity index (χ0) is 18.0. The van der Waals surface area contributed by atoms with Crippen LogP contribution < -0.4 is 10.6 Å². The van der Waals surface area contributed by atoms with E-state index < -0.39 is 0 Å². The number of aliphatic imine (C=N–C) groups is 1. The summed E-state index contributed by atoms with van der Waals surface area (Å²) in [5.41, 5.74) is 0. The molecular weight excluding hydrogens is 344 g/mol. The predicted octanol–water partition coefficient (Wildman–Crippen LogP) is 3.35. The number of nitrogens with zero attached hydrogens (tertiary/aromatic N) is 2. The molecule has 3 heterocycles. The van der Waals surface area contributed by atoms with E-state index in [9.17, 15) is 0 Å². The van der Waals surface area contributed by atoms with Crippen molar-refractivity contribution in [1.29, 1.82) is 0 Å². The lowest BCUT2D eigenvalue weighted by Gasteiger charge is -2.31. The molecule has 3 rings (SSSR count). The highest BCUT2D eigenvalue weighted by atomic mass is 32.1. The standard InChI is InChI=1S/C20H30N4OS/c1-2-21-20(22-10-9-18-7-4-12-25-18)23-14-17-6-3-11-24(15-17)16-19-8-5-13-26-19/h4-5,7-8,12-13,17H,2-3,6,9-11,14-16H2,1H3,(H2,21,22,23). The van der Waals surface area contributed by atoms with Crippen LogP contribution in [-0.4, -0.2) is 43.6 Å². The van der Waals surface area contributed by atoms with E-state index in [1.54, 1.807) is 6.26 Å². The van der Waals surface area contributed by atoms with Crippen LogP contribution >= 0.6 is 11.3 Å². The number of hydrogen-bond acceptors (Lipinski definition) is 4. The van der Waals surface area contributed by atoms with Crippen LogP contribution in [0.15, 0.2) is 45.3 Å². The number of piperidine rings is 1. The van der Waals surface area contributed by atoms with E-state index in [-0.39, 0.29) is 0 Å². The van der Waals surface area contributed by atoms with E-state index in [2.05, 4.69) is 40.0 Å². The summed E-state index contributed by atoms with van der Waals surface area (Å²) in [7, 11) is 0. The largest absolute Gasteiger partial charge is 0.469 e. The van der Waals surface area contributed by atoms with Gasteiger partial charge in [0.15, 0.2) is 5.96 Å². The van der Waals surface area contributed by atoms with E-state index in [4.69, 9.17) is 9.41 Å². The minimum absolute atomic E-state index is 0.643. The molecule has 2 aromatic rings. The van der Waals surface area contributed by atoms with E-state index in [0.717, 1.165) is 50.9 Å². The van der Waals surface area contributed by atoms with Crippen LogP contribution in [0.1, 0.15) is 30.4 Å². The molecule has 0 saturated carbocycles. The molecule has 1 unspecified atom stereocenters. The SMILES string of the molecule is CCNC(=NCC1CCCN(Cc2cccs2)C1)NCCc1ccco1. The van der Waals surface area contributed by atoms with Gasteiger partial charge in [0.2, 0.25) is 0 Å². The minimum Gasteiger partial charge on any atom is -0.469 e. The topological polar surface area (TPSA) is 52.8 Å². The molecule has 0 spiro atoms. The Morgan fingerprint density at radius 3 is 3.08 bits per heavy atom. The summed E-state index contributed by atoms with van der Waals surface area (Å²) >= 11 is 1.85. The average molecular weight is 375 g/mol. The lowest BCUT2D eigenvalue weighted by Crippen LogP contribution is -2.40. The van der Waals surface area contributed by atoms with Gasteiger partial charge in [-0.1, -0.05) is 6.07 Å². The maximum Gasteiger partial charge on any atom is 0.191 e. The first-order valence-corrected chi connectivity index (χ1v) is 10.5. The lowest BCUT2D eigenvalue weighted by atomic mass is 9.98. The third kappa shape index (κ3) is 6.18. The van der Waals surface area contributed by atoms with Crippen LogP contribution in [0.25, 0.3) is 0 Å². The number of hydrogen-bond donors (Lipinski definition) is 2. The molecule has 142 valence electrons. The van der Waals surface area contributed by atoms with Crippen molar-refractivity contribution in [2.24, 2.45) is 10.9 Å². The second-order valence-electron chi connectivity index (χ2n) is 6.80. The predicted molar refractivity (Wildman–Crippen MR) is 109 cm³/mol. The van der Waals surface area contributed by atoms with Crippen molar-refractivity contribution in [2.45, 2.75) is 32.7 Å². The number of nitrogens with one attached hydrogen (secondary N) is 2. The molecule has 1 aliphatic heterocycles. The van der Waals surface area contributed by atoms with Gasteiger partial charge in [-0.15, -0.1) is 11.3 Å². The molecule has 0 amide bonds. The van der Waals surface area contributed by atoms with Gasteiger partial charge in [-0.25, -0.2) is 0 Å². The second kappa shape index (κ2) is 10.4. The van der Waals surface area contributed by atoms with Crippen LogP contribution in [-0.2, 0) is 13.0 Å². The number of thiophene rings is 1. The monoisotopic (exact) mass is 374 g/mol. The summed E-state index contributed by atoms with van der Waals surface area (Å²) in [4.78, 5) is 8.86. The van der Waals surface area contributed by atoms with Gasteiger partial charge in [0, 0.05) is 44.0 Å². The van der Waals surface area contributed by atoms with E-state index in [0.29, 0.717) is 5.92 Å². The van der Waals surface area contributed by atoms with E-state index in [1.807, 2.05) is 23.5 Å². The summed E-state index contributed by atoms with van der Waals surface area (Å²) in [6.07, 6.45) is 5.14. The Morgan fingerprint density at radius 1 is 1.35 bits per heavy atom. The molecule has 0 radical (unpaired) electrons. The molecule has 2 aromatic heterocycles. The highest BCUT2D eigenvalue weighted by Gasteiger charge is 2.20. The highest BCUT2D eigenvalue weighted by Crippen LogP contribution is 2.20. The third-order valence-corrected chi connectivity index (χ3v) is 5.52. The summed E-state index contributed by atoms with van der Waals surface area (Å²) in [5.74, 6) is 2.56. The minimum atomic E-state index is 0.643. The van der Waals surface area contributed by atoms with E-state index in [1.165, 1.54) is 24.3 Å². The Kier molecular flexibility index (Phi) is 7.58. The fraction of sp³-hybridized carbons (Fsp3) is 0.550. The molecule has 0 aliphatic carbocycles. The van der Waals surface area contributed by atoms with Crippen molar-refractivity contribution in [3.63, 3.8) is 0 Å².